The van der Waals surface area contributed by atoms with E-state index in [1.54, 1.807) is 23.7 Å². The fraction of sp³-hybridized carbons (Fsp3) is 0.308. The van der Waals surface area contributed by atoms with Gasteiger partial charge in [-0.2, -0.15) is 13.2 Å². The van der Waals surface area contributed by atoms with Gasteiger partial charge < -0.3 is 5.32 Å². The van der Waals surface area contributed by atoms with Gasteiger partial charge >= 0.3 is 6.18 Å². The Balaban J connectivity index is 1.44. The Morgan fingerprint density at radius 3 is 2.59 bits per heavy atom. The number of anilines is 1. The predicted molar refractivity (Wildman–Crippen MR) is 132 cm³/mol. The van der Waals surface area contributed by atoms with Crippen molar-refractivity contribution >= 4 is 46.2 Å². The molecule has 37 heavy (non-hydrogen) atoms. The smallest absolute Gasteiger partial charge is 0.325 e. The zero-order valence-electron chi connectivity index (χ0n) is 19.1. The summed E-state index contributed by atoms with van der Waals surface area (Å²) in [6, 6.07) is 6.86. The van der Waals surface area contributed by atoms with Crippen molar-refractivity contribution in [1.29, 1.82) is 0 Å². The molecule has 1 aliphatic heterocycles. The summed E-state index contributed by atoms with van der Waals surface area (Å²) in [7, 11) is 0. The van der Waals surface area contributed by atoms with Gasteiger partial charge in [0.1, 0.15) is 10.8 Å². The second-order valence-corrected chi connectivity index (χ2v) is 11.2. The molecule has 0 saturated heterocycles. The Kier molecular flexibility index (Phi) is 5.37. The topological polar surface area (TPSA) is 71.4 Å². The van der Waals surface area contributed by atoms with Crippen LogP contribution in [0.5, 0.6) is 0 Å². The SMILES string of the molecule is O=C1N=C(c2cc(F)ccc2Cl)c2c(NC(=O)C34CCCC(C(F)(F)F)(C3)C4)cc(-c3nccs3)cc21. The van der Waals surface area contributed by atoms with Gasteiger partial charge in [0.2, 0.25) is 5.91 Å². The number of carbonyl (C=O) groups is 2. The number of hydrogen-bond acceptors (Lipinski definition) is 4. The lowest BCUT2D eigenvalue weighted by molar-refractivity contribution is -0.293. The van der Waals surface area contributed by atoms with Crippen LogP contribution in [0.3, 0.4) is 0 Å². The highest BCUT2D eigenvalue weighted by Gasteiger charge is 2.71. The summed E-state index contributed by atoms with van der Waals surface area (Å²) in [5, 5.41) is 5.31. The van der Waals surface area contributed by atoms with Crippen LogP contribution in [0.15, 0.2) is 46.9 Å². The summed E-state index contributed by atoms with van der Waals surface area (Å²) in [5.74, 6) is -1.73. The molecule has 0 radical (unpaired) electrons. The second kappa shape index (κ2) is 8.19. The van der Waals surface area contributed by atoms with E-state index in [1.807, 2.05) is 0 Å². The van der Waals surface area contributed by atoms with Crippen LogP contribution in [0.25, 0.3) is 10.6 Å². The quantitative estimate of drug-likeness (QED) is 0.356. The molecular weight excluding hydrogens is 530 g/mol. The molecule has 1 N–H and O–H groups in total. The second-order valence-electron chi connectivity index (χ2n) is 9.89. The van der Waals surface area contributed by atoms with Crippen LogP contribution in [-0.2, 0) is 4.79 Å². The number of thiazole rings is 1. The maximum Gasteiger partial charge on any atom is 0.394 e. The summed E-state index contributed by atoms with van der Waals surface area (Å²) in [4.78, 5) is 34.9. The van der Waals surface area contributed by atoms with E-state index >= 15 is 0 Å². The van der Waals surface area contributed by atoms with Gasteiger partial charge in [0.05, 0.1) is 32.8 Å². The van der Waals surface area contributed by atoms with E-state index in [0.717, 1.165) is 6.07 Å². The third-order valence-corrected chi connectivity index (χ3v) is 8.83. The summed E-state index contributed by atoms with van der Waals surface area (Å²) < 4.78 is 55.3. The molecule has 2 heterocycles. The predicted octanol–water partition coefficient (Wildman–Crippen LogP) is 7.05. The normalized spacial score (nSPS) is 24.4. The largest absolute Gasteiger partial charge is 0.394 e. The number of benzene rings is 2. The first-order chi connectivity index (χ1) is 17.5. The monoisotopic (exact) mass is 547 g/mol. The van der Waals surface area contributed by atoms with Crippen molar-refractivity contribution in [2.45, 2.75) is 38.3 Å². The van der Waals surface area contributed by atoms with E-state index in [4.69, 9.17) is 11.6 Å². The third kappa shape index (κ3) is 3.72. The van der Waals surface area contributed by atoms with Gasteiger partial charge in [0.15, 0.2) is 0 Å². The van der Waals surface area contributed by atoms with Crippen molar-refractivity contribution in [3.05, 3.63) is 69.4 Å². The van der Waals surface area contributed by atoms with Gasteiger partial charge in [0.25, 0.3) is 5.91 Å². The summed E-state index contributed by atoms with van der Waals surface area (Å²) in [5.41, 5.74) is -1.57. The van der Waals surface area contributed by atoms with Crippen molar-refractivity contribution < 1.29 is 27.2 Å². The minimum Gasteiger partial charge on any atom is -0.325 e. The molecule has 0 atom stereocenters. The highest BCUT2D eigenvalue weighted by atomic mass is 35.5. The number of carbonyl (C=O) groups excluding carboxylic acids is 2. The van der Waals surface area contributed by atoms with E-state index in [1.165, 1.54) is 23.5 Å². The van der Waals surface area contributed by atoms with E-state index in [9.17, 15) is 27.2 Å². The number of hydrogen-bond donors (Lipinski definition) is 1. The number of fused-ring (bicyclic) bond motifs is 3. The molecule has 4 aliphatic rings. The minimum absolute atomic E-state index is 0.0177. The summed E-state index contributed by atoms with van der Waals surface area (Å²) in [6.07, 6.45) is -2.64. The number of rotatable bonds is 4. The first-order valence-corrected chi connectivity index (χ1v) is 12.8. The maximum atomic E-state index is 14.1. The molecular formula is C26H18ClF4N3O2S. The number of nitrogens with zero attached hydrogens (tertiary/aromatic N) is 2. The first-order valence-electron chi connectivity index (χ1n) is 11.6. The number of halogens is 5. The molecule has 3 aromatic rings. The van der Waals surface area contributed by atoms with Crippen molar-refractivity contribution in [2.24, 2.45) is 15.8 Å². The Morgan fingerprint density at radius 2 is 1.89 bits per heavy atom. The summed E-state index contributed by atoms with van der Waals surface area (Å²) >= 11 is 7.63. The lowest BCUT2D eigenvalue weighted by Crippen LogP contribution is -2.61. The molecule has 3 aliphatic carbocycles. The van der Waals surface area contributed by atoms with Crippen LogP contribution < -0.4 is 5.32 Å². The number of amides is 2. The zero-order chi connectivity index (χ0) is 26.2. The Bertz CT molecular complexity index is 1490. The molecule has 7 rings (SSSR count). The molecule has 2 aromatic carbocycles. The van der Waals surface area contributed by atoms with Gasteiger partial charge in [0, 0.05) is 28.3 Å². The first kappa shape index (κ1) is 24.2. The zero-order valence-corrected chi connectivity index (χ0v) is 20.7. The molecule has 2 bridgehead atoms. The van der Waals surface area contributed by atoms with Gasteiger partial charge in [-0.25, -0.2) is 14.4 Å². The molecule has 1 aromatic heterocycles. The molecule has 11 heteroatoms. The molecule has 5 nitrogen and oxygen atoms in total. The number of aliphatic imine (C=N–C) groups is 1. The fourth-order valence-corrected chi connectivity index (χ4v) is 6.81. The minimum atomic E-state index is -4.37. The average molecular weight is 548 g/mol. The van der Waals surface area contributed by atoms with E-state index in [0.29, 0.717) is 23.4 Å². The molecule has 0 spiro atoms. The van der Waals surface area contributed by atoms with Crippen LogP contribution in [0.2, 0.25) is 5.02 Å². The van der Waals surface area contributed by atoms with Gasteiger partial charge in [-0.15, -0.1) is 11.3 Å². The van der Waals surface area contributed by atoms with Crippen molar-refractivity contribution in [1.82, 2.24) is 4.98 Å². The Hall–Kier alpha value is -3.11. The average Bonchev–Trinajstić information content (AvgIpc) is 3.48. The summed E-state index contributed by atoms with van der Waals surface area (Å²) in [6.45, 7) is 0. The third-order valence-electron chi connectivity index (χ3n) is 7.68. The molecule has 2 amide bonds. The van der Waals surface area contributed by atoms with E-state index in [2.05, 4.69) is 15.3 Å². The molecule has 190 valence electrons. The molecule has 3 fully saturated rings. The Morgan fingerprint density at radius 1 is 1.11 bits per heavy atom. The Labute approximate surface area is 217 Å². The van der Waals surface area contributed by atoms with Crippen LogP contribution >= 0.6 is 22.9 Å². The number of alkyl halides is 3. The highest BCUT2D eigenvalue weighted by molar-refractivity contribution is 7.13. The van der Waals surface area contributed by atoms with Crippen LogP contribution in [0.4, 0.5) is 23.2 Å². The standard InChI is InChI=1S/C26H18ClF4N3O2S/c27-17-3-2-14(28)10-15(17)20-19-16(21(35)34-20)8-13(22-32-6-7-37-22)9-18(19)33-23(36)24-4-1-5-25(11-24,12-24)26(29,30)31/h2-3,6-10H,1,4-5,11-12H2,(H,33,36). The lowest BCUT2D eigenvalue weighted by Gasteiger charge is -2.59. The van der Waals surface area contributed by atoms with Gasteiger partial charge in [-0.1, -0.05) is 18.0 Å². The van der Waals surface area contributed by atoms with Crippen LogP contribution in [-0.4, -0.2) is 28.7 Å². The van der Waals surface area contributed by atoms with Gasteiger partial charge in [-0.3, -0.25) is 9.59 Å². The van der Waals surface area contributed by atoms with E-state index in [-0.39, 0.29) is 52.4 Å². The van der Waals surface area contributed by atoms with Gasteiger partial charge in [-0.05, 0) is 56.0 Å². The lowest BCUT2D eigenvalue weighted by atomic mass is 9.45. The van der Waals surface area contributed by atoms with E-state index < -0.39 is 34.6 Å². The van der Waals surface area contributed by atoms with Crippen molar-refractivity contribution in [3.8, 4) is 10.6 Å². The fourth-order valence-electron chi connectivity index (χ4n) is 5.98. The van der Waals surface area contributed by atoms with Crippen molar-refractivity contribution in [3.63, 3.8) is 0 Å². The number of aromatic nitrogens is 1. The highest BCUT2D eigenvalue weighted by Crippen LogP contribution is 2.69. The van der Waals surface area contributed by atoms with Crippen LogP contribution in [0, 0.1) is 16.6 Å². The molecule has 3 saturated carbocycles. The molecule has 0 unspecified atom stereocenters. The van der Waals surface area contributed by atoms with Crippen LogP contribution in [0.1, 0.15) is 53.6 Å². The number of nitrogens with one attached hydrogen (secondary N) is 1. The maximum absolute atomic E-state index is 14.1. The van der Waals surface area contributed by atoms with Crippen molar-refractivity contribution in [2.75, 3.05) is 5.32 Å².